The van der Waals surface area contributed by atoms with Gasteiger partial charge in [0, 0.05) is 25.1 Å². The first kappa shape index (κ1) is 16.5. The fourth-order valence-electron chi connectivity index (χ4n) is 3.18. The lowest BCUT2D eigenvalue weighted by Gasteiger charge is -2.28. The minimum Gasteiger partial charge on any atom is -0.493 e. The summed E-state index contributed by atoms with van der Waals surface area (Å²) in [5.74, 6) is 0.857. The van der Waals surface area contributed by atoms with Crippen molar-refractivity contribution in [3.63, 3.8) is 0 Å². The number of carbonyl (C=O) groups is 1. The average molecular weight is 324 g/mol. The van der Waals surface area contributed by atoms with Crippen LogP contribution in [-0.2, 0) is 12.8 Å². The molecule has 1 heterocycles. The number of hydrogen-bond acceptors (Lipinski definition) is 3. The van der Waals surface area contributed by atoms with Crippen LogP contribution in [0.15, 0.2) is 48.5 Å². The molecule has 0 saturated heterocycles. The van der Waals surface area contributed by atoms with E-state index in [0.29, 0.717) is 18.7 Å². The SMILES string of the molecule is CN(C(=O)c1ccc2c(c1)OCC2)[C@H](CCN)Cc1ccccc1. The quantitative estimate of drug-likeness (QED) is 0.889. The fraction of sp³-hybridized carbons (Fsp3) is 0.350. The third kappa shape index (κ3) is 3.60. The van der Waals surface area contributed by atoms with Gasteiger partial charge in [-0.25, -0.2) is 0 Å². The van der Waals surface area contributed by atoms with E-state index in [4.69, 9.17) is 10.5 Å². The van der Waals surface area contributed by atoms with Gasteiger partial charge in [-0.05, 0) is 42.6 Å². The summed E-state index contributed by atoms with van der Waals surface area (Å²) in [7, 11) is 1.86. The highest BCUT2D eigenvalue weighted by atomic mass is 16.5. The van der Waals surface area contributed by atoms with Crippen molar-refractivity contribution in [2.45, 2.75) is 25.3 Å². The van der Waals surface area contributed by atoms with Gasteiger partial charge in [0.05, 0.1) is 6.61 Å². The van der Waals surface area contributed by atoms with Crippen LogP contribution in [0.1, 0.15) is 27.9 Å². The zero-order valence-electron chi connectivity index (χ0n) is 14.1. The number of hydrogen-bond donors (Lipinski definition) is 1. The second kappa shape index (κ2) is 7.49. The van der Waals surface area contributed by atoms with Crippen LogP contribution in [-0.4, -0.2) is 37.0 Å². The standard InChI is InChI=1S/C20H24N2O2/c1-22(18(9-11-21)13-15-5-3-2-4-6-15)20(23)17-8-7-16-10-12-24-19(16)14-17/h2-8,14,18H,9-13,21H2,1H3/t18-/m1/s1. The second-order valence-electron chi connectivity index (χ2n) is 6.26. The van der Waals surface area contributed by atoms with Crippen LogP contribution >= 0.6 is 0 Å². The molecule has 126 valence electrons. The first-order valence-electron chi connectivity index (χ1n) is 8.46. The van der Waals surface area contributed by atoms with E-state index in [1.807, 2.05) is 48.3 Å². The molecule has 24 heavy (non-hydrogen) atoms. The van der Waals surface area contributed by atoms with Crippen molar-refractivity contribution in [2.75, 3.05) is 20.2 Å². The molecule has 0 aliphatic carbocycles. The number of rotatable bonds is 6. The molecule has 2 aromatic carbocycles. The van der Waals surface area contributed by atoms with Crippen LogP contribution in [0.2, 0.25) is 0 Å². The topological polar surface area (TPSA) is 55.6 Å². The van der Waals surface area contributed by atoms with E-state index >= 15 is 0 Å². The molecule has 2 N–H and O–H groups in total. The number of carbonyl (C=O) groups excluding carboxylic acids is 1. The number of ether oxygens (including phenoxy) is 1. The van der Waals surface area contributed by atoms with Crippen molar-refractivity contribution in [1.82, 2.24) is 4.90 Å². The van der Waals surface area contributed by atoms with E-state index in [0.717, 1.165) is 25.0 Å². The zero-order chi connectivity index (χ0) is 16.9. The molecule has 1 amide bonds. The first-order chi connectivity index (χ1) is 11.7. The number of benzene rings is 2. The Morgan fingerprint density at radius 3 is 2.79 bits per heavy atom. The van der Waals surface area contributed by atoms with Crippen LogP contribution in [0, 0.1) is 0 Å². The van der Waals surface area contributed by atoms with E-state index in [1.54, 1.807) is 0 Å². The van der Waals surface area contributed by atoms with E-state index < -0.39 is 0 Å². The van der Waals surface area contributed by atoms with Gasteiger partial charge >= 0.3 is 0 Å². The van der Waals surface area contributed by atoms with Gasteiger partial charge < -0.3 is 15.4 Å². The summed E-state index contributed by atoms with van der Waals surface area (Å²) in [6, 6.07) is 16.1. The number of likely N-dealkylation sites (N-methyl/N-ethyl adjacent to an activating group) is 1. The molecule has 0 bridgehead atoms. The van der Waals surface area contributed by atoms with Crippen LogP contribution in [0.25, 0.3) is 0 Å². The minimum absolute atomic E-state index is 0.0164. The molecule has 3 rings (SSSR count). The lowest BCUT2D eigenvalue weighted by atomic mass is 10.0. The molecule has 0 saturated carbocycles. The maximum absolute atomic E-state index is 12.9. The van der Waals surface area contributed by atoms with Gasteiger partial charge in [-0.1, -0.05) is 36.4 Å². The van der Waals surface area contributed by atoms with Crippen LogP contribution in [0.4, 0.5) is 0 Å². The van der Waals surface area contributed by atoms with Crippen LogP contribution in [0.3, 0.4) is 0 Å². The van der Waals surface area contributed by atoms with Gasteiger partial charge in [-0.15, -0.1) is 0 Å². The third-order valence-corrected chi connectivity index (χ3v) is 4.63. The van der Waals surface area contributed by atoms with Gasteiger partial charge in [0.25, 0.3) is 5.91 Å². The molecule has 0 aromatic heterocycles. The normalized spacial score (nSPS) is 13.9. The second-order valence-corrected chi connectivity index (χ2v) is 6.26. The Kier molecular flexibility index (Phi) is 5.16. The Balaban J connectivity index is 1.76. The molecule has 4 nitrogen and oxygen atoms in total. The molecule has 4 heteroatoms. The summed E-state index contributed by atoms with van der Waals surface area (Å²) in [6.07, 6.45) is 2.50. The summed E-state index contributed by atoms with van der Waals surface area (Å²) in [5, 5.41) is 0. The molecule has 0 radical (unpaired) electrons. The predicted molar refractivity (Wildman–Crippen MR) is 95.3 cm³/mol. The van der Waals surface area contributed by atoms with E-state index in [2.05, 4.69) is 12.1 Å². The molecule has 0 spiro atoms. The Morgan fingerprint density at radius 1 is 1.25 bits per heavy atom. The highest BCUT2D eigenvalue weighted by molar-refractivity contribution is 5.94. The molecule has 1 aliphatic heterocycles. The molecule has 2 aromatic rings. The van der Waals surface area contributed by atoms with Gasteiger partial charge in [0.1, 0.15) is 5.75 Å². The number of fused-ring (bicyclic) bond motifs is 1. The highest BCUT2D eigenvalue weighted by Crippen LogP contribution is 2.27. The molecular formula is C20H24N2O2. The highest BCUT2D eigenvalue weighted by Gasteiger charge is 2.23. The van der Waals surface area contributed by atoms with Crippen molar-refractivity contribution in [3.05, 3.63) is 65.2 Å². The fourth-order valence-corrected chi connectivity index (χ4v) is 3.18. The molecule has 1 atom stereocenters. The van der Waals surface area contributed by atoms with Crippen molar-refractivity contribution in [2.24, 2.45) is 5.73 Å². The van der Waals surface area contributed by atoms with E-state index in [1.165, 1.54) is 11.1 Å². The Bertz CT molecular complexity index is 700. The van der Waals surface area contributed by atoms with Crippen LogP contribution in [0.5, 0.6) is 5.75 Å². The number of nitrogens with zero attached hydrogens (tertiary/aromatic N) is 1. The monoisotopic (exact) mass is 324 g/mol. The molecular weight excluding hydrogens is 300 g/mol. The number of amides is 1. The molecule has 0 fully saturated rings. The predicted octanol–water partition coefficient (Wildman–Crippen LogP) is 2.65. The Labute approximate surface area is 143 Å². The van der Waals surface area contributed by atoms with Crippen molar-refractivity contribution >= 4 is 5.91 Å². The zero-order valence-corrected chi connectivity index (χ0v) is 14.1. The summed E-state index contributed by atoms with van der Waals surface area (Å²) >= 11 is 0. The average Bonchev–Trinajstić information content (AvgIpc) is 3.08. The third-order valence-electron chi connectivity index (χ3n) is 4.63. The Hall–Kier alpha value is -2.33. The van der Waals surface area contributed by atoms with Crippen molar-refractivity contribution in [3.8, 4) is 5.75 Å². The first-order valence-corrected chi connectivity index (χ1v) is 8.46. The Morgan fingerprint density at radius 2 is 2.04 bits per heavy atom. The summed E-state index contributed by atoms with van der Waals surface area (Å²) < 4.78 is 5.58. The molecule has 0 unspecified atom stereocenters. The van der Waals surface area contributed by atoms with Gasteiger partial charge in [0.15, 0.2) is 0 Å². The van der Waals surface area contributed by atoms with Gasteiger partial charge in [-0.2, -0.15) is 0 Å². The van der Waals surface area contributed by atoms with Gasteiger partial charge in [-0.3, -0.25) is 4.79 Å². The lowest BCUT2D eigenvalue weighted by Crippen LogP contribution is -2.39. The maximum atomic E-state index is 12.9. The summed E-state index contributed by atoms with van der Waals surface area (Å²) in [6.45, 7) is 1.26. The largest absolute Gasteiger partial charge is 0.493 e. The summed E-state index contributed by atoms with van der Waals surface area (Å²) in [4.78, 5) is 14.7. The maximum Gasteiger partial charge on any atom is 0.253 e. The summed E-state index contributed by atoms with van der Waals surface area (Å²) in [5.41, 5.74) is 8.84. The van der Waals surface area contributed by atoms with Crippen molar-refractivity contribution < 1.29 is 9.53 Å². The number of nitrogens with two attached hydrogens (primary N) is 1. The van der Waals surface area contributed by atoms with Crippen molar-refractivity contribution in [1.29, 1.82) is 0 Å². The van der Waals surface area contributed by atoms with Crippen LogP contribution < -0.4 is 10.5 Å². The van der Waals surface area contributed by atoms with E-state index in [9.17, 15) is 4.79 Å². The smallest absolute Gasteiger partial charge is 0.253 e. The lowest BCUT2D eigenvalue weighted by molar-refractivity contribution is 0.0725. The van der Waals surface area contributed by atoms with E-state index in [-0.39, 0.29) is 11.9 Å². The molecule has 1 aliphatic rings. The van der Waals surface area contributed by atoms with Gasteiger partial charge in [0.2, 0.25) is 0 Å². The minimum atomic E-state index is 0.0164.